The van der Waals surface area contributed by atoms with Crippen LogP contribution in [0, 0.1) is 13.8 Å². The van der Waals surface area contributed by atoms with Crippen molar-refractivity contribution in [2.24, 2.45) is 0 Å². The van der Waals surface area contributed by atoms with Crippen molar-refractivity contribution in [2.45, 2.75) is 29.7 Å². The third-order valence-electron chi connectivity index (χ3n) is 4.47. The number of pyridine rings is 1. The molecule has 0 radical (unpaired) electrons. The molecule has 4 bridgehead atoms. The van der Waals surface area contributed by atoms with Crippen molar-refractivity contribution in [1.82, 2.24) is 13.9 Å². The zero-order valence-electron chi connectivity index (χ0n) is 14.7. The van der Waals surface area contributed by atoms with E-state index >= 15 is 0 Å². The molecule has 1 aliphatic heterocycles. The second-order valence-corrected chi connectivity index (χ2v) is 8.69. The Balaban J connectivity index is 1.72. The number of imidazole rings is 1. The summed E-state index contributed by atoms with van der Waals surface area (Å²) >= 11 is 1.34. The SMILES string of the molecule is COc1cc2c3nc(SCc4ncc(C)c(OC)c4C)n(c3c1)S2(=O)=O. The predicted octanol–water partition coefficient (Wildman–Crippen LogP) is 2.91. The van der Waals surface area contributed by atoms with Crippen LogP contribution in [-0.4, -0.2) is 36.6 Å². The zero-order valence-corrected chi connectivity index (χ0v) is 16.4. The van der Waals surface area contributed by atoms with Crippen molar-refractivity contribution < 1.29 is 17.9 Å². The Labute approximate surface area is 155 Å². The molecule has 0 aliphatic carbocycles. The first-order valence-corrected chi connectivity index (χ1v) is 10.3. The maximum Gasteiger partial charge on any atom is 0.272 e. The topological polar surface area (TPSA) is 83.3 Å². The number of nitrogens with zero attached hydrogens (tertiary/aromatic N) is 3. The molecule has 26 heavy (non-hydrogen) atoms. The van der Waals surface area contributed by atoms with Gasteiger partial charge in [0, 0.05) is 35.2 Å². The van der Waals surface area contributed by atoms with E-state index < -0.39 is 10.0 Å². The molecule has 1 aliphatic rings. The van der Waals surface area contributed by atoms with Crippen LogP contribution in [0.25, 0.3) is 11.0 Å². The van der Waals surface area contributed by atoms with Gasteiger partial charge in [0.15, 0.2) is 5.16 Å². The lowest BCUT2D eigenvalue weighted by Crippen LogP contribution is -2.12. The number of ether oxygens (including phenoxy) is 2. The van der Waals surface area contributed by atoms with Crippen LogP contribution in [0.2, 0.25) is 0 Å². The Morgan fingerprint density at radius 3 is 2.65 bits per heavy atom. The average Bonchev–Trinajstić information content (AvgIpc) is 3.03. The van der Waals surface area contributed by atoms with Crippen molar-refractivity contribution in [3.8, 4) is 11.5 Å². The van der Waals surface area contributed by atoms with Gasteiger partial charge in [-0.3, -0.25) is 4.98 Å². The van der Waals surface area contributed by atoms with Gasteiger partial charge in [0.2, 0.25) is 0 Å². The summed E-state index contributed by atoms with van der Waals surface area (Å²) in [6.07, 6.45) is 1.76. The number of aryl methyl sites for hydroxylation is 1. The zero-order chi connectivity index (χ0) is 18.6. The second kappa shape index (κ2) is 5.88. The van der Waals surface area contributed by atoms with E-state index in [-0.39, 0.29) is 4.90 Å². The Hall–Kier alpha value is -2.26. The molecule has 0 saturated heterocycles. The van der Waals surface area contributed by atoms with E-state index in [1.54, 1.807) is 19.4 Å². The second-order valence-electron chi connectivity index (χ2n) is 5.99. The van der Waals surface area contributed by atoms with Crippen LogP contribution < -0.4 is 9.47 Å². The quantitative estimate of drug-likeness (QED) is 0.484. The highest BCUT2D eigenvalue weighted by Crippen LogP contribution is 2.41. The highest BCUT2D eigenvalue weighted by molar-refractivity contribution is 7.99. The number of rotatable bonds is 5. The van der Waals surface area contributed by atoms with Crippen molar-refractivity contribution in [3.63, 3.8) is 0 Å². The molecule has 1 aromatic carbocycles. The van der Waals surface area contributed by atoms with Gasteiger partial charge < -0.3 is 9.47 Å². The lowest BCUT2D eigenvalue weighted by molar-refractivity contribution is 0.407. The summed E-state index contributed by atoms with van der Waals surface area (Å²) in [4.78, 5) is 9.14. The van der Waals surface area contributed by atoms with Gasteiger partial charge in [0.05, 0.1) is 25.4 Å². The number of hydrogen-bond acceptors (Lipinski definition) is 7. The maximum absolute atomic E-state index is 12.7. The molecule has 3 heterocycles. The minimum atomic E-state index is -3.60. The summed E-state index contributed by atoms with van der Waals surface area (Å²) < 4.78 is 37.4. The van der Waals surface area contributed by atoms with Gasteiger partial charge in [-0.1, -0.05) is 11.8 Å². The fraction of sp³-hybridized carbons (Fsp3) is 0.294. The predicted molar refractivity (Wildman–Crippen MR) is 98.7 cm³/mol. The minimum Gasteiger partial charge on any atom is -0.497 e. The minimum absolute atomic E-state index is 0.197. The van der Waals surface area contributed by atoms with Gasteiger partial charge in [-0.25, -0.2) is 17.4 Å². The fourth-order valence-electron chi connectivity index (χ4n) is 3.17. The monoisotopic (exact) mass is 391 g/mol. The third-order valence-corrected chi connectivity index (χ3v) is 7.25. The third kappa shape index (κ3) is 2.30. The van der Waals surface area contributed by atoms with E-state index in [0.717, 1.165) is 22.6 Å². The molecule has 0 atom stereocenters. The Kier molecular flexibility index (Phi) is 3.89. The number of hydrogen-bond donors (Lipinski definition) is 0. The Morgan fingerprint density at radius 2 is 1.96 bits per heavy atom. The van der Waals surface area contributed by atoms with Gasteiger partial charge in [0.1, 0.15) is 21.9 Å². The Morgan fingerprint density at radius 1 is 1.19 bits per heavy atom. The molecule has 7 nitrogen and oxygen atoms in total. The van der Waals surface area contributed by atoms with Crippen LogP contribution >= 0.6 is 11.8 Å². The van der Waals surface area contributed by atoms with Crippen LogP contribution in [0.3, 0.4) is 0 Å². The van der Waals surface area contributed by atoms with Gasteiger partial charge in [-0.05, 0) is 13.8 Å². The van der Waals surface area contributed by atoms with Gasteiger partial charge in [-0.15, -0.1) is 0 Å². The van der Waals surface area contributed by atoms with E-state index in [2.05, 4.69) is 9.97 Å². The molecule has 0 spiro atoms. The highest BCUT2D eigenvalue weighted by Gasteiger charge is 2.36. The number of methoxy groups -OCH3 is 2. The summed E-state index contributed by atoms with van der Waals surface area (Å²) in [7, 11) is -0.457. The number of aromatic nitrogens is 3. The largest absolute Gasteiger partial charge is 0.497 e. The van der Waals surface area contributed by atoms with Crippen LogP contribution in [0.4, 0.5) is 0 Å². The van der Waals surface area contributed by atoms with E-state index in [1.807, 2.05) is 13.8 Å². The van der Waals surface area contributed by atoms with Crippen LogP contribution in [-0.2, 0) is 15.8 Å². The molecular formula is C17H17N3O4S2. The molecule has 0 amide bonds. The molecule has 0 unspecified atom stereocenters. The van der Waals surface area contributed by atoms with Crippen LogP contribution in [0.1, 0.15) is 16.8 Å². The normalized spacial score (nSPS) is 14.3. The summed E-state index contributed by atoms with van der Waals surface area (Å²) in [5.41, 5.74) is 3.79. The van der Waals surface area contributed by atoms with Gasteiger partial charge in [0.25, 0.3) is 10.0 Å². The number of thioether (sulfide) groups is 1. The molecule has 2 aromatic heterocycles. The smallest absolute Gasteiger partial charge is 0.272 e. The van der Waals surface area contributed by atoms with Crippen LogP contribution in [0.15, 0.2) is 28.4 Å². The Bertz CT molecular complexity index is 1150. The van der Waals surface area contributed by atoms with E-state index in [1.165, 1.54) is 28.9 Å². The molecule has 0 fully saturated rings. The molecule has 136 valence electrons. The molecule has 9 heteroatoms. The van der Waals surface area contributed by atoms with E-state index in [0.29, 0.717) is 27.7 Å². The summed E-state index contributed by atoms with van der Waals surface area (Å²) in [6.45, 7) is 3.89. The molecule has 3 aromatic rings. The summed E-state index contributed by atoms with van der Waals surface area (Å²) in [6, 6.07) is 3.20. The average molecular weight is 391 g/mol. The van der Waals surface area contributed by atoms with Crippen LogP contribution in [0.5, 0.6) is 11.5 Å². The standard InChI is InChI=1S/C17H17N3O4S2/c1-9-7-18-12(10(2)16(9)24-4)8-25-17-19-15-13-5-11(23-3)6-14(15)26(21,22)20(13)17/h5-7H,8H2,1-4H3. The summed E-state index contributed by atoms with van der Waals surface area (Å²) in [5.74, 6) is 1.80. The first-order valence-electron chi connectivity index (χ1n) is 7.86. The van der Waals surface area contributed by atoms with E-state index in [4.69, 9.17) is 9.47 Å². The highest BCUT2D eigenvalue weighted by atomic mass is 32.2. The van der Waals surface area contributed by atoms with Crippen molar-refractivity contribution in [3.05, 3.63) is 35.2 Å². The molecule has 0 saturated carbocycles. The lowest BCUT2D eigenvalue weighted by Gasteiger charge is -2.12. The molecular weight excluding hydrogens is 374 g/mol. The lowest BCUT2D eigenvalue weighted by atomic mass is 10.1. The van der Waals surface area contributed by atoms with Crippen molar-refractivity contribution >= 4 is 32.8 Å². The number of benzene rings is 1. The molecule has 0 N–H and O–H groups in total. The van der Waals surface area contributed by atoms with Crippen molar-refractivity contribution in [2.75, 3.05) is 14.2 Å². The first kappa shape index (κ1) is 17.2. The van der Waals surface area contributed by atoms with Gasteiger partial charge in [-0.2, -0.15) is 0 Å². The fourth-order valence-corrected chi connectivity index (χ4v) is 6.05. The maximum atomic E-state index is 12.7. The first-order chi connectivity index (χ1) is 12.4. The van der Waals surface area contributed by atoms with Crippen molar-refractivity contribution in [1.29, 1.82) is 0 Å². The molecule has 4 rings (SSSR count). The summed E-state index contributed by atoms with van der Waals surface area (Å²) in [5, 5.41) is 0.432. The van der Waals surface area contributed by atoms with Gasteiger partial charge >= 0.3 is 0 Å². The van der Waals surface area contributed by atoms with E-state index in [9.17, 15) is 8.42 Å².